The molecule has 6 heteroatoms. The maximum atomic E-state index is 5.46. The molecule has 0 atom stereocenters. The Balaban J connectivity index is 0.00000392. The molecule has 0 saturated heterocycles. The second-order valence-corrected chi connectivity index (χ2v) is 6.39. The SMILES string of the molecule is CCNC(=NCc1ccccc1COC)NCCc1cc(C)ccc1OC.I. The van der Waals surface area contributed by atoms with Crippen LogP contribution in [0.25, 0.3) is 0 Å². The van der Waals surface area contributed by atoms with Crippen molar-refractivity contribution in [1.29, 1.82) is 0 Å². The molecule has 0 bridgehead atoms. The predicted octanol–water partition coefficient (Wildman–Crippen LogP) is 4.07. The zero-order valence-electron chi connectivity index (χ0n) is 17.2. The second-order valence-electron chi connectivity index (χ2n) is 6.39. The molecule has 0 aliphatic carbocycles. The molecule has 2 rings (SSSR count). The predicted molar refractivity (Wildman–Crippen MR) is 127 cm³/mol. The zero-order valence-corrected chi connectivity index (χ0v) is 19.6. The first-order valence-corrected chi connectivity index (χ1v) is 9.39. The van der Waals surface area contributed by atoms with Crippen molar-refractivity contribution in [1.82, 2.24) is 10.6 Å². The summed E-state index contributed by atoms with van der Waals surface area (Å²) in [6, 6.07) is 14.5. The van der Waals surface area contributed by atoms with Crippen LogP contribution in [0.1, 0.15) is 29.2 Å². The standard InChI is InChI=1S/C22H31N3O2.HI/c1-5-23-22(25-15-19-8-6-7-9-20(19)16-26-3)24-13-12-18-14-17(2)10-11-21(18)27-4;/h6-11,14H,5,12-13,15-16H2,1-4H3,(H2,23,24,25);1H. The van der Waals surface area contributed by atoms with Gasteiger partial charge in [0.1, 0.15) is 5.75 Å². The van der Waals surface area contributed by atoms with Crippen LogP contribution < -0.4 is 15.4 Å². The van der Waals surface area contributed by atoms with Gasteiger partial charge >= 0.3 is 0 Å². The lowest BCUT2D eigenvalue weighted by Gasteiger charge is -2.14. The fraction of sp³-hybridized carbons (Fsp3) is 0.409. The van der Waals surface area contributed by atoms with Crippen LogP contribution in [0.5, 0.6) is 5.75 Å². The molecule has 0 unspecified atom stereocenters. The molecule has 0 fully saturated rings. The Kier molecular flexibility index (Phi) is 11.6. The number of halogens is 1. The minimum Gasteiger partial charge on any atom is -0.496 e. The number of aryl methyl sites for hydroxylation is 1. The van der Waals surface area contributed by atoms with Gasteiger partial charge in [-0.3, -0.25) is 0 Å². The Morgan fingerprint density at radius 1 is 1.00 bits per heavy atom. The molecule has 5 nitrogen and oxygen atoms in total. The summed E-state index contributed by atoms with van der Waals surface area (Å²) in [5, 5.41) is 6.72. The average molecular weight is 497 g/mol. The van der Waals surface area contributed by atoms with Gasteiger partial charge in [-0.25, -0.2) is 4.99 Å². The summed E-state index contributed by atoms with van der Waals surface area (Å²) in [6.07, 6.45) is 0.871. The summed E-state index contributed by atoms with van der Waals surface area (Å²) in [4.78, 5) is 4.73. The average Bonchev–Trinajstić information content (AvgIpc) is 2.67. The van der Waals surface area contributed by atoms with E-state index >= 15 is 0 Å². The molecule has 0 aliphatic rings. The summed E-state index contributed by atoms with van der Waals surface area (Å²) >= 11 is 0. The van der Waals surface area contributed by atoms with E-state index in [1.54, 1.807) is 14.2 Å². The van der Waals surface area contributed by atoms with Crippen LogP contribution in [0, 0.1) is 6.92 Å². The number of hydrogen-bond acceptors (Lipinski definition) is 3. The molecule has 0 radical (unpaired) electrons. The quantitative estimate of drug-likeness (QED) is 0.312. The molecule has 2 aromatic carbocycles. The molecular weight excluding hydrogens is 465 g/mol. The van der Waals surface area contributed by atoms with E-state index in [4.69, 9.17) is 14.5 Å². The molecule has 0 spiro atoms. The van der Waals surface area contributed by atoms with Gasteiger partial charge in [0, 0.05) is 20.2 Å². The number of benzene rings is 2. The Morgan fingerprint density at radius 3 is 2.43 bits per heavy atom. The van der Waals surface area contributed by atoms with Crippen molar-refractivity contribution in [2.45, 2.75) is 33.4 Å². The van der Waals surface area contributed by atoms with Gasteiger partial charge in [0.15, 0.2) is 5.96 Å². The van der Waals surface area contributed by atoms with Crippen LogP contribution >= 0.6 is 24.0 Å². The lowest BCUT2D eigenvalue weighted by molar-refractivity contribution is 0.184. The maximum Gasteiger partial charge on any atom is 0.191 e. The number of nitrogens with one attached hydrogen (secondary N) is 2. The van der Waals surface area contributed by atoms with Gasteiger partial charge in [-0.2, -0.15) is 0 Å². The van der Waals surface area contributed by atoms with E-state index in [1.807, 2.05) is 18.2 Å². The van der Waals surface area contributed by atoms with Crippen molar-refractivity contribution in [3.63, 3.8) is 0 Å². The second kappa shape index (κ2) is 13.4. The minimum absolute atomic E-state index is 0. The number of aliphatic imine (C=N–C) groups is 1. The maximum absolute atomic E-state index is 5.46. The van der Waals surface area contributed by atoms with Gasteiger partial charge in [0.05, 0.1) is 20.3 Å². The molecule has 0 aliphatic heterocycles. The van der Waals surface area contributed by atoms with Crippen molar-refractivity contribution < 1.29 is 9.47 Å². The highest BCUT2D eigenvalue weighted by Gasteiger charge is 2.05. The van der Waals surface area contributed by atoms with Gasteiger partial charge in [-0.1, -0.05) is 42.0 Å². The largest absolute Gasteiger partial charge is 0.496 e. The molecule has 0 aromatic heterocycles. The molecule has 2 aromatic rings. The highest BCUT2D eigenvalue weighted by atomic mass is 127. The van der Waals surface area contributed by atoms with Gasteiger partial charge < -0.3 is 20.1 Å². The molecule has 2 N–H and O–H groups in total. The van der Waals surface area contributed by atoms with Crippen molar-refractivity contribution >= 4 is 29.9 Å². The third-order valence-electron chi connectivity index (χ3n) is 4.29. The number of nitrogens with zero attached hydrogens (tertiary/aromatic N) is 1. The van der Waals surface area contributed by atoms with E-state index in [0.29, 0.717) is 13.2 Å². The smallest absolute Gasteiger partial charge is 0.191 e. The highest BCUT2D eigenvalue weighted by Crippen LogP contribution is 2.19. The first-order valence-electron chi connectivity index (χ1n) is 9.39. The fourth-order valence-corrected chi connectivity index (χ4v) is 2.93. The summed E-state index contributed by atoms with van der Waals surface area (Å²) in [6.45, 7) is 6.98. The molecule has 154 valence electrons. The van der Waals surface area contributed by atoms with Crippen LogP contribution in [0.3, 0.4) is 0 Å². The van der Waals surface area contributed by atoms with Gasteiger partial charge in [-0.05, 0) is 43.0 Å². The van der Waals surface area contributed by atoms with Gasteiger partial charge in [0.2, 0.25) is 0 Å². The number of ether oxygens (including phenoxy) is 2. The Bertz CT molecular complexity index is 750. The first-order chi connectivity index (χ1) is 13.2. The van der Waals surface area contributed by atoms with Crippen LogP contribution in [0.4, 0.5) is 0 Å². The number of guanidine groups is 1. The van der Waals surface area contributed by atoms with Crippen molar-refractivity contribution in [2.24, 2.45) is 4.99 Å². The summed E-state index contributed by atoms with van der Waals surface area (Å²) < 4.78 is 10.7. The molecule has 28 heavy (non-hydrogen) atoms. The number of methoxy groups -OCH3 is 2. The Hall–Kier alpha value is -1.80. The first kappa shape index (κ1) is 24.2. The zero-order chi connectivity index (χ0) is 19.5. The van der Waals surface area contributed by atoms with E-state index in [9.17, 15) is 0 Å². The minimum atomic E-state index is 0. The van der Waals surface area contributed by atoms with E-state index in [0.717, 1.165) is 31.2 Å². The van der Waals surface area contributed by atoms with Crippen LogP contribution in [0.15, 0.2) is 47.5 Å². The Morgan fingerprint density at radius 2 is 1.75 bits per heavy atom. The summed E-state index contributed by atoms with van der Waals surface area (Å²) in [7, 11) is 3.43. The van der Waals surface area contributed by atoms with Crippen LogP contribution in [-0.2, 0) is 24.3 Å². The topological polar surface area (TPSA) is 54.9 Å². The van der Waals surface area contributed by atoms with Crippen molar-refractivity contribution in [3.05, 3.63) is 64.7 Å². The molecule has 0 amide bonds. The third kappa shape index (κ3) is 7.67. The monoisotopic (exact) mass is 497 g/mol. The van der Waals surface area contributed by atoms with Crippen LogP contribution in [-0.4, -0.2) is 33.3 Å². The normalized spacial score (nSPS) is 10.9. The molecular formula is C22H32IN3O2. The lowest BCUT2D eigenvalue weighted by atomic mass is 10.1. The Labute approximate surface area is 186 Å². The fourth-order valence-electron chi connectivity index (χ4n) is 2.93. The van der Waals surface area contributed by atoms with Crippen molar-refractivity contribution in [3.8, 4) is 5.75 Å². The summed E-state index contributed by atoms with van der Waals surface area (Å²) in [5.41, 5.74) is 4.79. The van der Waals surface area contributed by atoms with E-state index in [2.05, 4.69) is 48.7 Å². The number of hydrogen-bond donors (Lipinski definition) is 2. The van der Waals surface area contributed by atoms with E-state index in [-0.39, 0.29) is 24.0 Å². The van der Waals surface area contributed by atoms with E-state index < -0.39 is 0 Å². The van der Waals surface area contributed by atoms with E-state index in [1.165, 1.54) is 22.3 Å². The van der Waals surface area contributed by atoms with Gasteiger partial charge in [0.25, 0.3) is 0 Å². The third-order valence-corrected chi connectivity index (χ3v) is 4.29. The number of rotatable bonds is 9. The summed E-state index contributed by atoms with van der Waals surface area (Å²) in [5.74, 6) is 1.74. The molecule has 0 saturated carbocycles. The molecule has 0 heterocycles. The van der Waals surface area contributed by atoms with Crippen molar-refractivity contribution in [2.75, 3.05) is 27.3 Å². The van der Waals surface area contributed by atoms with Gasteiger partial charge in [-0.15, -0.1) is 24.0 Å². The van der Waals surface area contributed by atoms with Crippen LogP contribution in [0.2, 0.25) is 0 Å². The lowest BCUT2D eigenvalue weighted by Crippen LogP contribution is -2.38. The highest BCUT2D eigenvalue weighted by molar-refractivity contribution is 14.0.